The second-order valence-electron chi connectivity index (χ2n) is 8.07. The summed E-state index contributed by atoms with van der Waals surface area (Å²) in [4.78, 5) is 33.2. The summed E-state index contributed by atoms with van der Waals surface area (Å²) in [5, 5.41) is 0. The van der Waals surface area contributed by atoms with Crippen molar-refractivity contribution in [3.63, 3.8) is 0 Å². The Bertz CT molecular complexity index is 1300. The van der Waals surface area contributed by atoms with Gasteiger partial charge in [-0.05, 0) is 61.4 Å². The van der Waals surface area contributed by atoms with Crippen LogP contribution in [-0.4, -0.2) is 23.7 Å². The number of esters is 2. The van der Waals surface area contributed by atoms with Gasteiger partial charge in [0, 0.05) is 11.1 Å². The van der Waals surface area contributed by atoms with E-state index < -0.39 is 11.9 Å². The zero-order valence-corrected chi connectivity index (χ0v) is 18.6. The fourth-order valence-electron chi connectivity index (χ4n) is 3.46. The van der Waals surface area contributed by atoms with Gasteiger partial charge in [0.15, 0.2) is 11.4 Å². The van der Waals surface area contributed by atoms with E-state index in [4.69, 9.17) is 9.47 Å². The van der Waals surface area contributed by atoms with Crippen LogP contribution in [0.1, 0.15) is 33.4 Å². The molecule has 2 aliphatic rings. The van der Waals surface area contributed by atoms with Crippen molar-refractivity contribution < 1.29 is 19.1 Å². The standard InChI is InChI=1S/C28H20N2O4/c1-17-3-11-21(12-4-17)25-29-23(27(31)33-25)15-19-7-9-20(10-8-19)16-24-28(32)34-26(30-24)22-13-5-18(2)6-14-22/h3-16H,1-2H3. The Hall–Kier alpha value is -4.58. The molecule has 0 amide bonds. The van der Waals surface area contributed by atoms with Gasteiger partial charge in [-0.1, -0.05) is 59.7 Å². The van der Waals surface area contributed by atoms with Gasteiger partial charge in [-0.25, -0.2) is 19.6 Å². The average molecular weight is 448 g/mol. The number of benzene rings is 3. The summed E-state index contributed by atoms with van der Waals surface area (Å²) >= 11 is 0. The first kappa shape index (κ1) is 21.3. The maximum Gasteiger partial charge on any atom is 0.363 e. The summed E-state index contributed by atoms with van der Waals surface area (Å²) in [6, 6.07) is 22.6. The van der Waals surface area contributed by atoms with Crippen LogP contribution in [0.2, 0.25) is 0 Å². The van der Waals surface area contributed by atoms with Gasteiger partial charge in [0.2, 0.25) is 11.8 Å². The number of hydrogen-bond donors (Lipinski definition) is 0. The van der Waals surface area contributed by atoms with Crippen LogP contribution in [0.5, 0.6) is 0 Å². The van der Waals surface area contributed by atoms with E-state index in [0.29, 0.717) is 11.8 Å². The van der Waals surface area contributed by atoms with Crippen molar-refractivity contribution in [3.8, 4) is 0 Å². The number of hydrogen-bond acceptors (Lipinski definition) is 6. The summed E-state index contributed by atoms with van der Waals surface area (Å²) in [5.41, 5.74) is 5.74. The SMILES string of the molecule is Cc1ccc(C2=NC(=Cc3ccc(C=C4N=C(c5ccc(C)cc5)OC4=O)cc3)C(=O)O2)cc1. The second-order valence-corrected chi connectivity index (χ2v) is 8.07. The summed E-state index contributed by atoms with van der Waals surface area (Å²) < 4.78 is 10.6. The maximum atomic E-state index is 12.2. The van der Waals surface area contributed by atoms with Gasteiger partial charge in [-0.15, -0.1) is 0 Å². The highest BCUT2D eigenvalue weighted by Crippen LogP contribution is 2.22. The summed E-state index contributed by atoms with van der Waals surface area (Å²) in [6.45, 7) is 3.98. The molecule has 0 atom stereocenters. The monoisotopic (exact) mass is 448 g/mol. The van der Waals surface area contributed by atoms with E-state index in [1.165, 1.54) is 0 Å². The molecule has 3 aromatic rings. The molecule has 2 aliphatic heterocycles. The van der Waals surface area contributed by atoms with E-state index in [1.807, 2.05) is 86.6 Å². The highest BCUT2D eigenvalue weighted by Gasteiger charge is 2.25. The van der Waals surface area contributed by atoms with Gasteiger partial charge in [0.25, 0.3) is 0 Å². The first-order chi connectivity index (χ1) is 16.4. The van der Waals surface area contributed by atoms with Crippen molar-refractivity contribution in [1.82, 2.24) is 0 Å². The number of carbonyl (C=O) groups excluding carboxylic acids is 2. The molecule has 0 aliphatic carbocycles. The lowest BCUT2D eigenvalue weighted by atomic mass is 10.1. The van der Waals surface area contributed by atoms with Crippen molar-refractivity contribution in [2.24, 2.45) is 9.98 Å². The van der Waals surface area contributed by atoms with Crippen LogP contribution in [0.25, 0.3) is 12.2 Å². The molecular weight excluding hydrogens is 428 g/mol. The molecule has 0 radical (unpaired) electrons. The topological polar surface area (TPSA) is 77.3 Å². The third-order valence-electron chi connectivity index (χ3n) is 5.38. The van der Waals surface area contributed by atoms with Gasteiger partial charge in [-0.2, -0.15) is 0 Å². The Kier molecular flexibility index (Phi) is 5.47. The molecule has 0 saturated carbocycles. The number of nitrogens with zero attached hydrogens (tertiary/aromatic N) is 2. The van der Waals surface area contributed by atoms with Gasteiger partial charge < -0.3 is 9.47 Å². The highest BCUT2D eigenvalue weighted by atomic mass is 16.6. The third-order valence-corrected chi connectivity index (χ3v) is 5.38. The minimum absolute atomic E-state index is 0.230. The van der Waals surface area contributed by atoms with Crippen molar-refractivity contribution in [2.45, 2.75) is 13.8 Å². The molecule has 6 nitrogen and oxygen atoms in total. The molecule has 0 aromatic heterocycles. The largest absolute Gasteiger partial charge is 0.402 e. The lowest BCUT2D eigenvalue weighted by Gasteiger charge is -1.99. The van der Waals surface area contributed by atoms with E-state index >= 15 is 0 Å². The molecule has 5 rings (SSSR count). The molecule has 2 heterocycles. The molecule has 166 valence electrons. The smallest absolute Gasteiger partial charge is 0.363 e. The first-order valence-electron chi connectivity index (χ1n) is 10.7. The molecule has 0 fully saturated rings. The number of carbonyl (C=O) groups is 2. The van der Waals surface area contributed by atoms with E-state index in [0.717, 1.165) is 33.4 Å². The van der Waals surface area contributed by atoms with Crippen LogP contribution in [0.4, 0.5) is 0 Å². The van der Waals surface area contributed by atoms with Gasteiger partial charge in [0.05, 0.1) is 0 Å². The number of ether oxygens (including phenoxy) is 2. The van der Waals surface area contributed by atoms with Crippen LogP contribution in [-0.2, 0) is 19.1 Å². The van der Waals surface area contributed by atoms with Gasteiger partial charge in [0.1, 0.15) is 0 Å². The lowest BCUT2D eigenvalue weighted by molar-refractivity contribution is -0.130. The fraction of sp³-hybridized carbons (Fsp3) is 0.0714. The van der Waals surface area contributed by atoms with Gasteiger partial charge in [-0.3, -0.25) is 0 Å². The molecule has 0 spiro atoms. The van der Waals surface area contributed by atoms with Crippen LogP contribution in [0.3, 0.4) is 0 Å². The van der Waals surface area contributed by atoms with E-state index in [2.05, 4.69) is 9.98 Å². The Labute approximate surface area is 196 Å². The fourth-order valence-corrected chi connectivity index (χ4v) is 3.46. The molecule has 0 N–H and O–H groups in total. The van der Waals surface area contributed by atoms with Crippen molar-refractivity contribution in [3.05, 3.63) is 118 Å². The van der Waals surface area contributed by atoms with Crippen LogP contribution < -0.4 is 0 Å². The predicted molar refractivity (Wildman–Crippen MR) is 130 cm³/mol. The molecule has 3 aromatic carbocycles. The minimum atomic E-state index is -0.492. The molecule has 0 bridgehead atoms. The summed E-state index contributed by atoms with van der Waals surface area (Å²) in [5.74, 6) is -0.402. The number of rotatable bonds is 4. The Morgan fingerprint density at radius 3 is 1.26 bits per heavy atom. The molecule has 34 heavy (non-hydrogen) atoms. The van der Waals surface area contributed by atoms with Crippen molar-refractivity contribution >= 4 is 35.9 Å². The van der Waals surface area contributed by atoms with E-state index in [-0.39, 0.29) is 11.4 Å². The Balaban J connectivity index is 1.34. The molecule has 0 saturated heterocycles. The number of cyclic esters (lactones) is 2. The van der Waals surface area contributed by atoms with Crippen LogP contribution in [0.15, 0.2) is 94.2 Å². The van der Waals surface area contributed by atoms with Crippen molar-refractivity contribution in [1.29, 1.82) is 0 Å². The van der Waals surface area contributed by atoms with Crippen LogP contribution in [0, 0.1) is 13.8 Å². The zero-order chi connectivity index (χ0) is 23.7. The number of aliphatic imine (C=N–C) groups is 2. The minimum Gasteiger partial charge on any atom is -0.402 e. The number of aryl methyl sites for hydroxylation is 2. The molecular formula is C28H20N2O4. The first-order valence-corrected chi connectivity index (χ1v) is 10.7. The lowest BCUT2D eigenvalue weighted by Crippen LogP contribution is -2.05. The van der Waals surface area contributed by atoms with E-state index in [9.17, 15) is 9.59 Å². The predicted octanol–water partition coefficient (Wildman–Crippen LogP) is 4.99. The molecule has 6 heteroatoms. The zero-order valence-electron chi connectivity index (χ0n) is 18.6. The summed E-state index contributed by atoms with van der Waals surface area (Å²) in [6.07, 6.45) is 3.33. The Morgan fingerprint density at radius 2 is 0.912 bits per heavy atom. The normalized spacial score (nSPS) is 17.6. The second kappa shape index (κ2) is 8.75. The quantitative estimate of drug-likeness (QED) is 0.416. The Morgan fingerprint density at radius 1 is 0.559 bits per heavy atom. The molecule has 0 unspecified atom stereocenters. The van der Waals surface area contributed by atoms with Crippen LogP contribution >= 0.6 is 0 Å². The maximum absolute atomic E-state index is 12.2. The van der Waals surface area contributed by atoms with Gasteiger partial charge >= 0.3 is 11.9 Å². The van der Waals surface area contributed by atoms with E-state index in [1.54, 1.807) is 12.2 Å². The average Bonchev–Trinajstić information content (AvgIpc) is 3.38. The summed E-state index contributed by atoms with van der Waals surface area (Å²) in [7, 11) is 0. The van der Waals surface area contributed by atoms with Crippen molar-refractivity contribution in [2.75, 3.05) is 0 Å². The third kappa shape index (κ3) is 4.47. The highest BCUT2D eigenvalue weighted by molar-refractivity contribution is 6.13.